The van der Waals surface area contributed by atoms with E-state index < -0.39 is 17.7 Å². The summed E-state index contributed by atoms with van der Waals surface area (Å²) in [7, 11) is 0. The summed E-state index contributed by atoms with van der Waals surface area (Å²) in [5.41, 5.74) is 1.11. The fourth-order valence-electron chi connectivity index (χ4n) is 3.88. The number of pyridine rings is 1. The topological polar surface area (TPSA) is 89.0 Å². The number of ketones is 1. The van der Waals surface area contributed by atoms with Crippen LogP contribution in [0.5, 0.6) is 11.5 Å². The Labute approximate surface area is 202 Å². The van der Waals surface area contributed by atoms with Crippen LogP contribution in [0.15, 0.2) is 72.4 Å². The quantitative estimate of drug-likeness (QED) is 0.286. The van der Waals surface area contributed by atoms with Gasteiger partial charge in [0.25, 0.3) is 11.7 Å². The van der Waals surface area contributed by atoms with E-state index in [-0.39, 0.29) is 11.3 Å². The van der Waals surface area contributed by atoms with Gasteiger partial charge in [-0.3, -0.25) is 19.5 Å². The summed E-state index contributed by atoms with van der Waals surface area (Å²) in [5.74, 6) is -1.01. The average molecular weight is 479 g/mol. The number of aliphatic hydroxyl groups is 1. The van der Waals surface area contributed by atoms with Gasteiger partial charge in [0.1, 0.15) is 23.3 Å². The molecule has 1 aliphatic heterocycles. The van der Waals surface area contributed by atoms with Crippen molar-refractivity contribution in [2.75, 3.05) is 18.1 Å². The van der Waals surface area contributed by atoms with E-state index in [0.29, 0.717) is 46.7 Å². The Morgan fingerprint density at radius 1 is 1.03 bits per heavy atom. The summed E-state index contributed by atoms with van der Waals surface area (Å²) in [4.78, 5) is 32.2. The molecule has 1 aromatic heterocycles. The highest BCUT2D eigenvalue weighted by Crippen LogP contribution is 2.42. The van der Waals surface area contributed by atoms with Crippen LogP contribution >= 0.6 is 11.6 Å². The number of hydrogen-bond donors (Lipinski definition) is 1. The predicted molar refractivity (Wildman–Crippen MR) is 129 cm³/mol. The standard InChI is InChI=1S/C26H23ClN2O5/c1-3-33-18-9-7-8-17(15-18)29-23(20-10-5-6-13-28-20)22(25(31)26(29)32)24(30)16-11-12-19(27)21(14-16)34-4-2/h5-15,23,30H,3-4H2,1-2H3/b24-22+. The lowest BCUT2D eigenvalue weighted by atomic mass is 9.98. The Kier molecular flexibility index (Phi) is 6.84. The van der Waals surface area contributed by atoms with Gasteiger partial charge in [-0.2, -0.15) is 0 Å². The van der Waals surface area contributed by atoms with E-state index >= 15 is 0 Å². The molecule has 4 rings (SSSR count). The third-order valence-corrected chi connectivity index (χ3v) is 5.64. The van der Waals surface area contributed by atoms with Crippen LogP contribution in [0.2, 0.25) is 5.02 Å². The molecule has 1 unspecified atom stereocenters. The summed E-state index contributed by atoms with van der Waals surface area (Å²) in [6.45, 7) is 4.49. The number of Topliss-reactive ketones (excluding diaryl/α,β-unsaturated/α-hetero) is 1. The molecular formula is C26H23ClN2O5. The second kappa shape index (κ2) is 9.97. The second-order valence-corrected chi connectivity index (χ2v) is 7.84. The zero-order valence-electron chi connectivity index (χ0n) is 18.7. The number of anilines is 1. The Balaban J connectivity index is 1.90. The highest BCUT2D eigenvalue weighted by Gasteiger charge is 2.47. The molecule has 1 saturated heterocycles. The molecule has 0 saturated carbocycles. The first-order valence-corrected chi connectivity index (χ1v) is 11.2. The molecule has 1 amide bonds. The van der Waals surface area contributed by atoms with Crippen LogP contribution in [0.4, 0.5) is 5.69 Å². The number of nitrogens with zero attached hydrogens (tertiary/aromatic N) is 2. The monoisotopic (exact) mass is 478 g/mol. The summed E-state index contributed by atoms with van der Waals surface area (Å²) in [5, 5.41) is 11.6. The number of ether oxygens (including phenoxy) is 2. The molecule has 1 atom stereocenters. The SMILES string of the molecule is CCOc1cccc(N2C(=O)C(=O)/C(=C(/O)c3ccc(Cl)c(OCC)c3)C2c2ccccn2)c1. The molecule has 1 aliphatic rings. The molecule has 34 heavy (non-hydrogen) atoms. The molecule has 0 spiro atoms. The van der Waals surface area contributed by atoms with Crippen LogP contribution < -0.4 is 14.4 Å². The van der Waals surface area contributed by atoms with E-state index in [0.717, 1.165) is 0 Å². The highest BCUT2D eigenvalue weighted by molar-refractivity contribution is 6.51. The van der Waals surface area contributed by atoms with Crippen LogP contribution in [0.1, 0.15) is 31.1 Å². The number of carbonyl (C=O) groups excluding carboxylic acids is 2. The number of carbonyl (C=O) groups is 2. The number of aromatic nitrogens is 1. The lowest BCUT2D eigenvalue weighted by Crippen LogP contribution is -2.29. The Morgan fingerprint density at radius 3 is 2.53 bits per heavy atom. The maximum absolute atomic E-state index is 13.3. The predicted octanol–water partition coefficient (Wildman–Crippen LogP) is 5.16. The average Bonchev–Trinajstić information content (AvgIpc) is 3.11. The summed E-state index contributed by atoms with van der Waals surface area (Å²) < 4.78 is 11.1. The van der Waals surface area contributed by atoms with Crippen molar-refractivity contribution in [1.82, 2.24) is 4.98 Å². The Hall–Kier alpha value is -3.84. The number of aliphatic hydroxyl groups excluding tert-OH is 1. The molecule has 3 aromatic rings. The zero-order valence-corrected chi connectivity index (χ0v) is 19.5. The third-order valence-electron chi connectivity index (χ3n) is 5.32. The third kappa shape index (κ3) is 4.34. The molecule has 0 bridgehead atoms. The van der Waals surface area contributed by atoms with Crippen molar-refractivity contribution in [2.45, 2.75) is 19.9 Å². The van der Waals surface area contributed by atoms with Gasteiger partial charge in [0.2, 0.25) is 0 Å². The lowest BCUT2D eigenvalue weighted by Gasteiger charge is -2.25. The van der Waals surface area contributed by atoms with Gasteiger partial charge in [0.05, 0.1) is 29.5 Å². The summed E-state index contributed by atoms with van der Waals surface area (Å²) in [6.07, 6.45) is 1.57. The minimum atomic E-state index is -0.940. The van der Waals surface area contributed by atoms with E-state index in [2.05, 4.69) is 4.98 Å². The summed E-state index contributed by atoms with van der Waals surface area (Å²) in [6, 6.07) is 15.8. The molecule has 2 heterocycles. The maximum atomic E-state index is 13.3. The summed E-state index contributed by atoms with van der Waals surface area (Å²) >= 11 is 6.19. The number of hydrogen-bond acceptors (Lipinski definition) is 6. The van der Waals surface area contributed by atoms with E-state index in [1.165, 1.54) is 4.90 Å². The first-order valence-electron chi connectivity index (χ1n) is 10.8. The molecule has 2 aromatic carbocycles. The van der Waals surface area contributed by atoms with E-state index in [9.17, 15) is 14.7 Å². The minimum Gasteiger partial charge on any atom is -0.507 e. The largest absolute Gasteiger partial charge is 0.507 e. The Morgan fingerprint density at radius 2 is 1.82 bits per heavy atom. The van der Waals surface area contributed by atoms with E-state index in [1.54, 1.807) is 66.9 Å². The van der Waals surface area contributed by atoms with Crippen molar-refractivity contribution in [1.29, 1.82) is 0 Å². The van der Waals surface area contributed by atoms with Gasteiger partial charge in [-0.05, 0) is 56.3 Å². The lowest BCUT2D eigenvalue weighted by molar-refractivity contribution is -0.132. The molecular weight excluding hydrogens is 456 g/mol. The van der Waals surface area contributed by atoms with Gasteiger partial charge in [0, 0.05) is 23.5 Å². The molecule has 1 N–H and O–H groups in total. The first kappa shape index (κ1) is 23.3. The smallest absolute Gasteiger partial charge is 0.300 e. The van der Waals surface area contributed by atoms with Crippen molar-refractivity contribution in [3.63, 3.8) is 0 Å². The fraction of sp³-hybridized carbons (Fsp3) is 0.192. The van der Waals surface area contributed by atoms with Crippen LogP contribution in [-0.4, -0.2) is 35.0 Å². The number of rotatable bonds is 7. The molecule has 7 nitrogen and oxygen atoms in total. The van der Waals surface area contributed by atoms with Crippen molar-refractivity contribution in [3.05, 3.63) is 88.7 Å². The van der Waals surface area contributed by atoms with Crippen LogP contribution in [0.3, 0.4) is 0 Å². The normalized spacial score (nSPS) is 17.1. The van der Waals surface area contributed by atoms with Gasteiger partial charge in [-0.25, -0.2) is 0 Å². The number of benzene rings is 2. The zero-order chi connectivity index (χ0) is 24.2. The molecule has 1 fully saturated rings. The van der Waals surface area contributed by atoms with Gasteiger partial charge in [-0.1, -0.05) is 23.7 Å². The van der Waals surface area contributed by atoms with Gasteiger partial charge >= 0.3 is 0 Å². The molecule has 0 aliphatic carbocycles. The van der Waals surface area contributed by atoms with E-state index in [1.807, 2.05) is 13.8 Å². The van der Waals surface area contributed by atoms with Crippen molar-refractivity contribution in [2.24, 2.45) is 0 Å². The number of amides is 1. The fourth-order valence-corrected chi connectivity index (χ4v) is 4.05. The van der Waals surface area contributed by atoms with Gasteiger partial charge in [0.15, 0.2) is 0 Å². The van der Waals surface area contributed by atoms with Crippen molar-refractivity contribution in [3.8, 4) is 11.5 Å². The first-order chi connectivity index (χ1) is 16.5. The van der Waals surface area contributed by atoms with Gasteiger partial charge < -0.3 is 14.6 Å². The number of halogens is 1. The van der Waals surface area contributed by atoms with Gasteiger partial charge in [-0.15, -0.1) is 0 Å². The maximum Gasteiger partial charge on any atom is 0.300 e. The minimum absolute atomic E-state index is 0.0738. The molecule has 174 valence electrons. The van der Waals surface area contributed by atoms with Crippen molar-refractivity contribution < 1.29 is 24.2 Å². The molecule has 8 heteroatoms. The van der Waals surface area contributed by atoms with Crippen LogP contribution in [0, 0.1) is 0 Å². The van der Waals surface area contributed by atoms with Crippen molar-refractivity contribution >= 4 is 34.7 Å². The highest BCUT2D eigenvalue weighted by atomic mass is 35.5. The van der Waals surface area contributed by atoms with Crippen LogP contribution in [-0.2, 0) is 9.59 Å². The molecule has 0 radical (unpaired) electrons. The van der Waals surface area contributed by atoms with E-state index in [4.69, 9.17) is 21.1 Å². The van der Waals surface area contributed by atoms with Crippen LogP contribution in [0.25, 0.3) is 5.76 Å². The Bertz CT molecular complexity index is 1260. The second-order valence-electron chi connectivity index (χ2n) is 7.43.